The smallest absolute Gasteiger partial charge is 0.336 e. The third kappa shape index (κ3) is 3.56. The lowest BCUT2D eigenvalue weighted by Crippen LogP contribution is -2.36. The zero-order valence-electron chi connectivity index (χ0n) is 17.9. The number of esters is 1. The predicted molar refractivity (Wildman–Crippen MR) is 117 cm³/mol. The van der Waals surface area contributed by atoms with E-state index in [2.05, 4.69) is 5.32 Å². The van der Waals surface area contributed by atoms with Crippen LogP contribution in [0.1, 0.15) is 50.5 Å². The third-order valence-electron chi connectivity index (χ3n) is 6.44. The summed E-state index contributed by atoms with van der Waals surface area (Å²) in [6.07, 6.45) is 4.85. The predicted octanol–water partition coefficient (Wildman–Crippen LogP) is 3.48. The van der Waals surface area contributed by atoms with E-state index < -0.39 is 11.9 Å². The van der Waals surface area contributed by atoms with Crippen LogP contribution in [-0.2, 0) is 19.1 Å². The van der Waals surface area contributed by atoms with Gasteiger partial charge in [0.25, 0.3) is 0 Å². The maximum Gasteiger partial charge on any atom is 0.336 e. The van der Waals surface area contributed by atoms with Crippen LogP contribution in [-0.4, -0.2) is 31.1 Å². The van der Waals surface area contributed by atoms with E-state index in [1.165, 1.54) is 6.26 Å². The highest BCUT2D eigenvalue weighted by Gasteiger charge is 2.41. The van der Waals surface area contributed by atoms with Crippen molar-refractivity contribution in [3.05, 3.63) is 68.9 Å². The van der Waals surface area contributed by atoms with E-state index in [9.17, 15) is 14.4 Å². The van der Waals surface area contributed by atoms with Crippen molar-refractivity contribution in [2.24, 2.45) is 0 Å². The van der Waals surface area contributed by atoms with Crippen molar-refractivity contribution in [2.45, 2.75) is 51.0 Å². The molecule has 5 rings (SSSR count). The number of hydrogen-bond donors (Lipinski definition) is 1. The minimum atomic E-state index is -0.822. The first-order valence-corrected chi connectivity index (χ1v) is 11.1. The van der Waals surface area contributed by atoms with Gasteiger partial charge in [0.05, 0.1) is 29.2 Å². The molecule has 2 aromatic rings. The molecule has 0 unspecified atom stereocenters. The van der Waals surface area contributed by atoms with Gasteiger partial charge in [0, 0.05) is 35.6 Å². The molecular formula is C25H25NO6. The second-order valence-corrected chi connectivity index (χ2v) is 8.52. The van der Waals surface area contributed by atoms with E-state index in [0.29, 0.717) is 41.7 Å². The molecule has 3 heterocycles. The topological polar surface area (TPSA) is 94.8 Å². The first-order chi connectivity index (χ1) is 15.5. The highest BCUT2D eigenvalue weighted by Crippen LogP contribution is 2.42. The van der Waals surface area contributed by atoms with Gasteiger partial charge in [-0.25, -0.2) is 4.79 Å². The first-order valence-electron chi connectivity index (χ1n) is 11.1. The summed E-state index contributed by atoms with van der Waals surface area (Å²) in [5.74, 6) is -1.43. The van der Waals surface area contributed by atoms with Crippen LogP contribution in [0.5, 0.6) is 0 Å². The van der Waals surface area contributed by atoms with E-state index in [-0.39, 0.29) is 35.1 Å². The second-order valence-electron chi connectivity index (χ2n) is 8.52. The quantitative estimate of drug-likeness (QED) is 0.735. The number of ether oxygens (including phenoxy) is 2. The fraction of sp³-hybridized carbons (Fsp3) is 0.400. The normalized spacial score (nSPS) is 23.3. The van der Waals surface area contributed by atoms with Gasteiger partial charge in [-0.05, 0) is 44.7 Å². The number of Topliss-reactive ketones (excluding diaryl/α,β-unsaturated/α-hetero) is 1. The average molecular weight is 435 g/mol. The molecule has 166 valence electrons. The number of para-hydroxylation sites is 1. The van der Waals surface area contributed by atoms with Crippen molar-refractivity contribution in [1.82, 2.24) is 5.32 Å². The number of dihydropyridines is 1. The number of benzene rings is 1. The minimum Gasteiger partial charge on any atom is -0.464 e. The summed E-state index contributed by atoms with van der Waals surface area (Å²) >= 11 is 0. The van der Waals surface area contributed by atoms with E-state index in [1.807, 2.05) is 0 Å². The number of hydrogen-bond acceptors (Lipinski definition) is 7. The molecule has 2 atom stereocenters. The number of ketones is 1. The summed E-state index contributed by atoms with van der Waals surface area (Å²) in [6, 6.07) is 6.96. The molecule has 1 aliphatic carbocycles. The van der Waals surface area contributed by atoms with Crippen LogP contribution in [0.4, 0.5) is 0 Å². The average Bonchev–Trinajstić information content (AvgIpc) is 3.31. The van der Waals surface area contributed by atoms with Gasteiger partial charge in [0.1, 0.15) is 12.2 Å². The Labute approximate surface area is 185 Å². The van der Waals surface area contributed by atoms with Gasteiger partial charge in [0.15, 0.2) is 11.2 Å². The van der Waals surface area contributed by atoms with Gasteiger partial charge < -0.3 is 19.2 Å². The summed E-state index contributed by atoms with van der Waals surface area (Å²) in [5, 5.41) is 3.65. The van der Waals surface area contributed by atoms with Crippen LogP contribution in [0.2, 0.25) is 0 Å². The van der Waals surface area contributed by atoms with Crippen LogP contribution in [0.3, 0.4) is 0 Å². The van der Waals surface area contributed by atoms with Gasteiger partial charge in [-0.2, -0.15) is 0 Å². The lowest BCUT2D eigenvalue weighted by molar-refractivity contribution is -0.142. The van der Waals surface area contributed by atoms with Crippen molar-refractivity contribution >= 4 is 22.7 Å². The Kier molecular flexibility index (Phi) is 5.43. The van der Waals surface area contributed by atoms with Gasteiger partial charge in [0.2, 0.25) is 0 Å². The number of rotatable bonds is 4. The molecule has 2 aliphatic heterocycles. The summed E-state index contributed by atoms with van der Waals surface area (Å²) < 4.78 is 16.9. The highest BCUT2D eigenvalue weighted by atomic mass is 16.6. The maximum absolute atomic E-state index is 13.4. The Bertz CT molecular complexity index is 1210. The molecule has 1 aromatic carbocycles. The number of allylic oxidation sites excluding steroid dienone is 3. The van der Waals surface area contributed by atoms with Gasteiger partial charge >= 0.3 is 5.97 Å². The Balaban J connectivity index is 1.60. The highest BCUT2D eigenvalue weighted by molar-refractivity contribution is 6.04. The van der Waals surface area contributed by atoms with E-state index in [0.717, 1.165) is 25.0 Å². The molecule has 0 radical (unpaired) electrons. The Hall–Kier alpha value is -3.19. The molecule has 7 nitrogen and oxygen atoms in total. The summed E-state index contributed by atoms with van der Waals surface area (Å²) in [5.41, 5.74) is 2.59. The summed E-state index contributed by atoms with van der Waals surface area (Å²) in [7, 11) is 0. The zero-order valence-corrected chi connectivity index (χ0v) is 17.9. The standard InChI is InChI=1S/C25H25NO6/c1-14-21(25(29)32-12-15-6-5-11-30-15)22(23-18(26-14)8-4-9-19(23)27)17-13-31-20-10-3-2-7-16(20)24(17)28/h2-3,7,10,13,15,22,26H,4-6,8-9,11-12H2,1H3/t15-,22+/m1/s1. The van der Waals surface area contributed by atoms with E-state index in [1.54, 1.807) is 31.2 Å². The number of fused-ring (bicyclic) bond motifs is 1. The third-order valence-corrected chi connectivity index (χ3v) is 6.44. The zero-order chi connectivity index (χ0) is 22.2. The van der Waals surface area contributed by atoms with Gasteiger partial charge in [-0.1, -0.05) is 12.1 Å². The molecule has 3 aliphatic rings. The maximum atomic E-state index is 13.4. The molecule has 1 N–H and O–H groups in total. The lowest BCUT2D eigenvalue weighted by Gasteiger charge is -2.33. The number of carbonyl (C=O) groups excluding carboxylic acids is 2. The van der Waals surface area contributed by atoms with Crippen LogP contribution in [0, 0.1) is 0 Å². The SMILES string of the molecule is CC1=C(C(=O)OC[C@H]2CCCO2)[C@H](c2coc3ccccc3c2=O)C2=C(CCCC2=O)N1. The van der Waals surface area contributed by atoms with Crippen LogP contribution in [0.15, 0.2) is 62.3 Å². The molecule has 1 aromatic heterocycles. The molecule has 32 heavy (non-hydrogen) atoms. The molecule has 7 heteroatoms. The van der Waals surface area contributed by atoms with Crippen molar-refractivity contribution in [2.75, 3.05) is 13.2 Å². The Morgan fingerprint density at radius 3 is 2.84 bits per heavy atom. The number of carbonyl (C=O) groups is 2. The van der Waals surface area contributed by atoms with E-state index >= 15 is 0 Å². The van der Waals surface area contributed by atoms with Crippen molar-refractivity contribution in [3.8, 4) is 0 Å². The molecule has 0 saturated carbocycles. The molecular weight excluding hydrogens is 410 g/mol. The monoisotopic (exact) mass is 435 g/mol. The first kappa shape index (κ1) is 20.7. The largest absolute Gasteiger partial charge is 0.464 e. The van der Waals surface area contributed by atoms with Gasteiger partial charge in [-0.3, -0.25) is 9.59 Å². The molecule has 1 saturated heterocycles. The summed E-state index contributed by atoms with van der Waals surface area (Å²) in [6.45, 7) is 2.59. The van der Waals surface area contributed by atoms with Crippen LogP contribution in [0.25, 0.3) is 11.0 Å². The molecule has 1 fully saturated rings. The van der Waals surface area contributed by atoms with Crippen LogP contribution < -0.4 is 10.7 Å². The van der Waals surface area contributed by atoms with Crippen molar-refractivity contribution < 1.29 is 23.5 Å². The summed E-state index contributed by atoms with van der Waals surface area (Å²) in [4.78, 5) is 39.7. The molecule has 0 bridgehead atoms. The second kappa shape index (κ2) is 8.39. The molecule has 0 amide bonds. The van der Waals surface area contributed by atoms with Gasteiger partial charge in [-0.15, -0.1) is 0 Å². The fourth-order valence-electron chi connectivity index (χ4n) is 4.88. The Morgan fingerprint density at radius 2 is 2.03 bits per heavy atom. The van der Waals surface area contributed by atoms with Crippen molar-refractivity contribution in [1.29, 1.82) is 0 Å². The van der Waals surface area contributed by atoms with Crippen molar-refractivity contribution in [3.63, 3.8) is 0 Å². The minimum absolute atomic E-state index is 0.0618. The number of nitrogens with one attached hydrogen (secondary N) is 1. The van der Waals surface area contributed by atoms with Crippen LogP contribution >= 0.6 is 0 Å². The van der Waals surface area contributed by atoms with E-state index in [4.69, 9.17) is 13.9 Å². The molecule has 0 spiro atoms. The Morgan fingerprint density at radius 1 is 1.19 bits per heavy atom. The lowest BCUT2D eigenvalue weighted by atomic mass is 9.75. The fourth-order valence-corrected chi connectivity index (χ4v) is 4.88.